The molecule has 0 aliphatic heterocycles. The second kappa shape index (κ2) is 6.83. The van der Waals surface area contributed by atoms with E-state index < -0.39 is 25.5 Å². The van der Waals surface area contributed by atoms with Crippen LogP contribution in [0, 0.1) is 10.1 Å². The smallest absolute Gasteiger partial charge is 0.289 e. The molecule has 1 aromatic carbocycles. The Morgan fingerprint density at radius 3 is 2.52 bits per heavy atom. The maximum Gasteiger partial charge on any atom is 0.289 e. The Kier molecular flexibility index (Phi) is 5.64. The van der Waals surface area contributed by atoms with Gasteiger partial charge in [0.15, 0.2) is 4.90 Å². The van der Waals surface area contributed by atoms with Crippen molar-refractivity contribution in [3.63, 3.8) is 0 Å². The fourth-order valence-corrected chi connectivity index (χ4v) is 3.67. The number of nitrogens with two attached hydrogens (primary N) is 1. The number of hydrogen-bond acceptors (Lipinski definition) is 6. The predicted octanol–water partition coefficient (Wildman–Crippen LogP) is 1.22. The van der Waals surface area contributed by atoms with Crippen molar-refractivity contribution in [2.45, 2.75) is 24.8 Å². The highest BCUT2D eigenvalue weighted by Gasteiger charge is 2.33. The summed E-state index contributed by atoms with van der Waals surface area (Å²) in [6.07, 6.45) is 0. The van der Waals surface area contributed by atoms with Gasteiger partial charge in [-0.3, -0.25) is 10.1 Å². The van der Waals surface area contributed by atoms with Crippen LogP contribution in [-0.4, -0.2) is 43.9 Å². The molecule has 0 heterocycles. The highest BCUT2D eigenvalue weighted by molar-refractivity contribution is 7.89. The molecular formula is C12H19N3O5S. The van der Waals surface area contributed by atoms with Crippen LogP contribution in [0.1, 0.15) is 13.8 Å². The van der Waals surface area contributed by atoms with E-state index in [0.717, 1.165) is 16.4 Å². The third-order valence-corrected chi connectivity index (χ3v) is 4.96. The van der Waals surface area contributed by atoms with Crippen LogP contribution in [0.3, 0.4) is 0 Å². The van der Waals surface area contributed by atoms with Gasteiger partial charge in [-0.1, -0.05) is 0 Å². The van der Waals surface area contributed by atoms with Crippen molar-refractivity contribution in [1.82, 2.24) is 4.31 Å². The van der Waals surface area contributed by atoms with Gasteiger partial charge in [0.05, 0.1) is 11.5 Å². The zero-order chi connectivity index (χ0) is 16.2. The summed E-state index contributed by atoms with van der Waals surface area (Å²) in [6, 6.07) is 3.13. The topological polar surface area (TPSA) is 116 Å². The molecule has 0 aliphatic rings. The molecule has 0 amide bonds. The van der Waals surface area contributed by atoms with Crippen LogP contribution in [-0.2, 0) is 14.8 Å². The zero-order valence-electron chi connectivity index (χ0n) is 12.1. The molecule has 0 aliphatic carbocycles. The van der Waals surface area contributed by atoms with Gasteiger partial charge in [-0.15, -0.1) is 0 Å². The molecule has 1 aromatic rings. The highest BCUT2D eigenvalue weighted by atomic mass is 32.2. The summed E-state index contributed by atoms with van der Waals surface area (Å²) in [5.74, 6) is 0. The van der Waals surface area contributed by atoms with Crippen molar-refractivity contribution >= 4 is 21.4 Å². The molecule has 0 atom stereocenters. The maximum atomic E-state index is 12.7. The molecule has 0 saturated carbocycles. The molecule has 0 radical (unpaired) electrons. The molecule has 0 aromatic heterocycles. The first-order valence-electron chi connectivity index (χ1n) is 6.26. The van der Waals surface area contributed by atoms with Gasteiger partial charge in [0, 0.05) is 31.5 Å². The lowest BCUT2D eigenvalue weighted by molar-refractivity contribution is -0.387. The van der Waals surface area contributed by atoms with Gasteiger partial charge in [-0.25, -0.2) is 8.42 Å². The van der Waals surface area contributed by atoms with Gasteiger partial charge in [0.25, 0.3) is 5.69 Å². The van der Waals surface area contributed by atoms with Crippen LogP contribution in [0.4, 0.5) is 11.4 Å². The fourth-order valence-electron chi connectivity index (χ4n) is 1.85. The van der Waals surface area contributed by atoms with Crippen LogP contribution in [0.2, 0.25) is 0 Å². The molecule has 1 rings (SSSR count). The fraction of sp³-hybridized carbons (Fsp3) is 0.500. The van der Waals surface area contributed by atoms with Gasteiger partial charge in [-0.2, -0.15) is 4.31 Å². The van der Waals surface area contributed by atoms with E-state index in [0.29, 0.717) is 0 Å². The van der Waals surface area contributed by atoms with E-state index in [2.05, 4.69) is 0 Å². The summed E-state index contributed by atoms with van der Waals surface area (Å²) < 4.78 is 31.4. The lowest BCUT2D eigenvalue weighted by atomic mass is 10.3. The van der Waals surface area contributed by atoms with Gasteiger partial charge in [0.1, 0.15) is 0 Å². The van der Waals surface area contributed by atoms with E-state index in [-0.39, 0.29) is 24.9 Å². The number of nitro groups is 1. The zero-order valence-corrected chi connectivity index (χ0v) is 13.0. The number of nitrogen functional groups attached to an aromatic ring is 1. The first kappa shape index (κ1) is 17.3. The Morgan fingerprint density at radius 1 is 1.43 bits per heavy atom. The lowest BCUT2D eigenvalue weighted by Crippen LogP contribution is -2.39. The van der Waals surface area contributed by atoms with E-state index >= 15 is 0 Å². The molecule has 8 nitrogen and oxygen atoms in total. The van der Waals surface area contributed by atoms with Gasteiger partial charge < -0.3 is 10.5 Å². The number of benzene rings is 1. The Balaban J connectivity index is 3.40. The molecule has 2 N–H and O–H groups in total. The number of ether oxygens (including phenoxy) is 1. The van der Waals surface area contributed by atoms with Crippen molar-refractivity contribution in [1.29, 1.82) is 0 Å². The normalized spacial score (nSPS) is 12.0. The van der Waals surface area contributed by atoms with Crippen LogP contribution in [0.15, 0.2) is 23.1 Å². The second-order valence-electron chi connectivity index (χ2n) is 4.69. The van der Waals surface area contributed by atoms with E-state index in [1.165, 1.54) is 13.2 Å². The number of methoxy groups -OCH3 is 1. The van der Waals surface area contributed by atoms with E-state index in [1.807, 2.05) is 0 Å². The summed E-state index contributed by atoms with van der Waals surface area (Å²) in [4.78, 5) is 9.90. The molecule has 0 spiro atoms. The molecule has 21 heavy (non-hydrogen) atoms. The van der Waals surface area contributed by atoms with Gasteiger partial charge >= 0.3 is 0 Å². The average Bonchev–Trinajstić information content (AvgIpc) is 2.38. The minimum atomic E-state index is -4.04. The predicted molar refractivity (Wildman–Crippen MR) is 78.4 cm³/mol. The maximum absolute atomic E-state index is 12.7. The van der Waals surface area contributed by atoms with E-state index in [4.69, 9.17) is 10.5 Å². The molecule has 9 heteroatoms. The minimum absolute atomic E-state index is 0.0997. The third-order valence-electron chi connectivity index (χ3n) is 2.86. The van der Waals surface area contributed by atoms with Crippen LogP contribution < -0.4 is 5.73 Å². The lowest BCUT2D eigenvalue weighted by Gasteiger charge is -2.25. The SMILES string of the molecule is COCCN(C(C)C)S(=O)(=O)c1cc(N)ccc1[N+](=O)[O-]. The highest BCUT2D eigenvalue weighted by Crippen LogP contribution is 2.29. The number of anilines is 1. The van der Waals surface area contributed by atoms with Crippen LogP contribution in [0.25, 0.3) is 0 Å². The Morgan fingerprint density at radius 2 is 2.05 bits per heavy atom. The third kappa shape index (κ3) is 3.90. The largest absolute Gasteiger partial charge is 0.399 e. The summed E-state index contributed by atoms with van der Waals surface area (Å²) in [5, 5.41) is 11.0. The Labute approximate surface area is 123 Å². The van der Waals surface area contributed by atoms with Gasteiger partial charge in [-0.05, 0) is 26.0 Å². The van der Waals surface area contributed by atoms with E-state index in [9.17, 15) is 18.5 Å². The molecule has 118 valence electrons. The summed E-state index contributed by atoms with van der Waals surface area (Å²) in [5.41, 5.74) is 5.22. The summed E-state index contributed by atoms with van der Waals surface area (Å²) in [7, 11) is -2.59. The first-order chi connectivity index (χ1) is 9.71. The van der Waals surface area contributed by atoms with Crippen molar-refractivity contribution in [2.24, 2.45) is 0 Å². The number of nitrogens with zero attached hydrogens (tertiary/aromatic N) is 2. The molecule has 0 bridgehead atoms. The standard InChI is InChI=1S/C12H19N3O5S/c1-9(2)14(6-7-20-3)21(18,19)12-8-10(13)4-5-11(12)15(16)17/h4-5,8-9H,6-7,13H2,1-3H3. The van der Waals surface area contributed by atoms with Crippen LogP contribution in [0.5, 0.6) is 0 Å². The Bertz CT molecular complexity index is 615. The molecule has 0 unspecified atom stereocenters. The second-order valence-corrected chi connectivity index (χ2v) is 6.55. The Hall–Kier alpha value is -1.71. The van der Waals surface area contributed by atoms with Gasteiger partial charge in [0.2, 0.25) is 10.0 Å². The molecular weight excluding hydrogens is 298 g/mol. The molecule has 0 fully saturated rings. The summed E-state index contributed by atoms with van der Waals surface area (Å²) >= 11 is 0. The monoisotopic (exact) mass is 317 g/mol. The first-order valence-corrected chi connectivity index (χ1v) is 7.70. The number of rotatable bonds is 7. The number of nitro benzene ring substituents is 1. The van der Waals surface area contributed by atoms with Crippen molar-refractivity contribution in [3.05, 3.63) is 28.3 Å². The number of sulfonamides is 1. The molecule has 0 saturated heterocycles. The van der Waals surface area contributed by atoms with Crippen molar-refractivity contribution < 1.29 is 18.1 Å². The number of hydrogen-bond donors (Lipinski definition) is 1. The van der Waals surface area contributed by atoms with Crippen LogP contribution >= 0.6 is 0 Å². The summed E-state index contributed by atoms with van der Waals surface area (Å²) in [6.45, 7) is 3.66. The van der Waals surface area contributed by atoms with E-state index in [1.54, 1.807) is 13.8 Å². The van der Waals surface area contributed by atoms with Crippen molar-refractivity contribution in [2.75, 3.05) is 26.0 Å². The van der Waals surface area contributed by atoms with Crippen molar-refractivity contribution in [3.8, 4) is 0 Å². The minimum Gasteiger partial charge on any atom is -0.399 e. The quantitative estimate of drug-likeness (QED) is 0.459. The average molecular weight is 317 g/mol.